The summed E-state index contributed by atoms with van der Waals surface area (Å²) in [6.45, 7) is 3.03. The predicted molar refractivity (Wildman–Crippen MR) is 96.0 cm³/mol. The number of ether oxygens (including phenoxy) is 1. The van der Waals surface area contributed by atoms with Gasteiger partial charge in [0.15, 0.2) is 5.82 Å². The van der Waals surface area contributed by atoms with Crippen molar-refractivity contribution in [2.24, 2.45) is 0 Å². The molecule has 1 aromatic heterocycles. The van der Waals surface area contributed by atoms with E-state index in [4.69, 9.17) is 9.26 Å². The third-order valence-corrected chi connectivity index (χ3v) is 6.03. The first-order chi connectivity index (χ1) is 12.8. The third kappa shape index (κ3) is 4.19. The molecule has 26 heavy (non-hydrogen) atoms. The van der Waals surface area contributed by atoms with Gasteiger partial charge in [-0.2, -0.15) is 4.98 Å². The van der Waals surface area contributed by atoms with E-state index in [1.54, 1.807) is 0 Å². The fraction of sp³-hybridized carbons (Fsp3) is 0.842. The lowest BCUT2D eigenvalue weighted by atomic mass is 9.95. The van der Waals surface area contributed by atoms with Crippen molar-refractivity contribution >= 4 is 6.03 Å². The van der Waals surface area contributed by atoms with Crippen LogP contribution in [0.5, 0.6) is 0 Å². The molecular weight excluding hydrogens is 332 g/mol. The number of nitrogens with one attached hydrogen (secondary N) is 1. The van der Waals surface area contributed by atoms with Crippen LogP contribution in [0.15, 0.2) is 4.52 Å². The van der Waals surface area contributed by atoms with Crippen molar-refractivity contribution in [3.8, 4) is 0 Å². The Balaban J connectivity index is 1.34. The molecule has 0 spiro atoms. The Kier molecular flexibility index (Phi) is 5.72. The van der Waals surface area contributed by atoms with Crippen molar-refractivity contribution in [2.45, 2.75) is 75.7 Å². The SMILES string of the molecule is O=C(NC1CCCCC1)N1CCCC(c2nc(C3CCOCC3)no2)C1. The van der Waals surface area contributed by atoms with E-state index in [0.29, 0.717) is 24.4 Å². The van der Waals surface area contributed by atoms with Gasteiger partial charge in [-0.05, 0) is 38.5 Å². The molecule has 1 unspecified atom stereocenters. The molecule has 0 radical (unpaired) electrons. The quantitative estimate of drug-likeness (QED) is 0.893. The summed E-state index contributed by atoms with van der Waals surface area (Å²) in [4.78, 5) is 19.2. The van der Waals surface area contributed by atoms with E-state index in [0.717, 1.165) is 64.1 Å². The number of nitrogens with zero attached hydrogens (tertiary/aromatic N) is 3. The Morgan fingerprint density at radius 2 is 1.81 bits per heavy atom. The second-order valence-electron chi connectivity index (χ2n) is 7.95. The van der Waals surface area contributed by atoms with E-state index >= 15 is 0 Å². The molecule has 2 aliphatic heterocycles. The van der Waals surface area contributed by atoms with Gasteiger partial charge in [0, 0.05) is 38.3 Å². The highest BCUT2D eigenvalue weighted by Crippen LogP contribution is 2.29. The van der Waals surface area contributed by atoms with Gasteiger partial charge in [-0.1, -0.05) is 24.4 Å². The zero-order valence-corrected chi connectivity index (χ0v) is 15.5. The molecule has 3 aliphatic rings. The highest BCUT2D eigenvalue weighted by atomic mass is 16.5. The van der Waals surface area contributed by atoms with Gasteiger partial charge in [0.05, 0.1) is 5.92 Å². The van der Waals surface area contributed by atoms with Crippen LogP contribution in [0.2, 0.25) is 0 Å². The Morgan fingerprint density at radius 1 is 1.00 bits per heavy atom. The van der Waals surface area contributed by atoms with Gasteiger partial charge < -0.3 is 19.5 Å². The van der Waals surface area contributed by atoms with Crippen LogP contribution in [-0.2, 0) is 4.74 Å². The first-order valence-electron chi connectivity index (χ1n) is 10.3. The van der Waals surface area contributed by atoms with Crippen LogP contribution in [0.1, 0.15) is 81.3 Å². The van der Waals surface area contributed by atoms with Gasteiger partial charge in [0.25, 0.3) is 0 Å². The number of likely N-dealkylation sites (tertiary alicyclic amines) is 1. The summed E-state index contributed by atoms with van der Waals surface area (Å²) in [6, 6.07) is 0.422. The topological polar surface area (TPSA) is 80.5 Å². The standard InChI is InChI=1S/C19H30N4O3/c24-19(20-16-6-2-1-3-7-16)23-10-4-5-15(13-23)18-21-17(22-26-18)14-8-11-25-12-9-14/h14-16H,1-13H2,(H,20,24). The minimum absolute atomic E-state index is 0.0748. The molecule has 0 bridgehead atoms. The van der Waals surface area contributed by atoms with Gasteiger partial charge in [-0.3, -0.25) is 0 Å². The lowest BCUT2D eigenvalue weighted by molar-refractivity contribution is 0.0830. The molecule has 7 nitrogen and oxygen atoms in total. The number of rotatable bonds is 3. The number of urea groups is 1. The molecule has 1 aliphatic carbocycles. The predicted octanol–water partition coefficient (Wildman–Crippen LogP) is 3.19. The van der Waals surface area contributed by atoms with Gasteiger partial charge >= 0.3 is 6.03 Å². The van der Waals surface area contributed by atoms with Crippen LogP contribution in [0.25, 0.3) is 0 Å². The zero-order chi connectivity index (χ0) is 17.8. The molecule has 1 atom stereocenters. The van der Waals surface area contributed by atoms with Gasteiger partial charge in [0.1, 0.15) is 0 Å². The van der Waals surface area contributed by atoms with Gasteiger partial charge in [-0.25, -0.2) is 4.79 Å². The van der Waals surface area contributed by atoms with E-state index in [1.165, 1.54) is 19.3 Å². The van der Waals surface area contributed by atoms with Crippen LogP contribution in [0.3, 0.4) is 0 Å². The number of carbonyl (C=O) groups is 1. The van der Waals surface area contributed by atoms with Crippen molar-refractivity contribution in [2.75, 3.05) is 26.3 Å². The second kappa shape index (κ2) is 8.37. The van der Waals surface area contributed by atoms with E-state index in [-0.39, 0.29) is 11.9 Å². The minimum atomic E-state index is 0.0748. The van der Waals surface area contributed by atoms with E-state index in [1.807, 2.05) is 4.90 Å². The van der Waals surface area contributed by atoms with Crippen LogP contribution >= 0.6 is 0 Å². The Bertz CT molecular complexity index is 593. The molecule has 1 aromatic rings. The number of carbonyl (C=O) groups excluding carboxylic acids is 1. The first kappa shape index (κ1) is 17.8. The van der Waals surface area contributed by atoms with E-state index < -0.39 is 0 Å². The summed E-state index contributed by atoms with van der Waals surface area (Å²) < 4.78 is 11.0. The van der Waals surface area contributed by atoms with E-state index in [9.17, 15) is 4.79 Å². The van der Waals surface area contributed by atoms with Crippen LogP contribution in [-0.4, -0.2) is 53.4 Å². The summed E-state index contributed by atoms with van der Waals surface area (Å²) in [7, 11) is 0. The number of aromatic nitrogens is 2. The van der Waals surface area contributed by atoms with Crippen molar-refractivity contribution in [3.63, 3.8) is 0 Å². The lowest BCUT2D eigenvalue weighted by Gasteiger charge is -2.33. The second-order valence-corrected chi connectivity index (χ2v) is 7.95. The molecular formula is C19H30N4O3. The van der Waals surface area contributed by atoms with E-state index in [2.05, 4.69) is 15.5 Å². The molecule has 1 N–H and O–H groups in total. The molecule has 2 amide bonds. The maximum Gasteiger partial charge on any atom is 0.317 e. The highest BCUT2D eigenvalue weighted by Gasteiger charge is 2.31. The number of hydrogen-bond acceptors (Lipinski definition) is 5. The zero-order valence-electron chi connectivity index (χ0n) is 15.5. The molecule has 4 rings (SSSR count). The number of amides is 2. The molecule has 2 saturated heterocycles. The maximum atomic E-state index is 12.6. The van der Waals surface area contributed by atoms with Crippen LogP contribution in [0.4, 0.5) is 4.79 Å². The molecule has 3 fully saturated rings. The summed E-state index contributed by atoms with van der Waals surface area (Å²) in [5, 5.41) is 7.44. The summed E-state index contributed by atoms with van der Waals surface area (Å²) >= 11 is 0. The third-order valence-electron chi connectivity index (χ3n) is 6.03. The number of piperidine rings is 1. The fourth-order valence-corrected chi connectivity index (χ4v) is 4.41. The number of hydrogen-bond donors (Lipinski definition) is 1. The molecule has 144 valence electrons. The lowest BCUT2D eigenvalue weighted by Crippen LogP contribution is -2.48. The van der Waals surface area contributed by atoms with Gasteiger partial charge in [0.2, 0.25) is 5.89 Å². The van der Waals surface area contributed by atoms with Crippen molar-refractivity contribution in [3.05, 3.63) is 11.7 Å². The highest BCUT2D eigenvalue weighted by molar-refractivity contribution is 5.74. The monoisotopic (exact) mass is 362 g/mol. The minimum Gasteiger partial charge on any atom is -0.381 e. The van der Waals surface area contributed by atoms with Crippen molar-refractivity contribution in [1.82, 2.24) is 20.4 Å². The molecule has 7 heteroatoms. The van der Waals surface area contributed by atoms with Crippen LogP contribution in [0, 0.1) is 0 Å². The summed E-state index contributed by atoms with van der Waals surface area (Å²) in [5.74, 6) is 2.01. The average Bonchev–Trinajstić information content (AvgIpc) is 3.20. The summed E-state index contributed by atoms with van der Waals surface area (Å²) in [6.07, 6.45) is 9.88. The largest absolute Gasteiger partial charge is 0.381 e. The fourth-order valence-electron chi connectivity index (χ4n) is 4.41. The van der Waals surface area contributed by atoms with Crippen molar-refractivity contribution in [1.29, 1.82) is 0 Å². The van der Waals surface area contributed by atoms with Crippen LogP contribution < -0.4 is 5.32 Å². The Labute approximate surface area is 154 Å². The average molecular weight is 362 g/mol. The maximum absolute atomic E-state index is 12.6. The molecule has 3 heterocycles. The smallest absolute Gasteiger partial charge is 0.317 e. The van der Waals surface area contributed by atoms with Crippen molar-refractivity contribution < 1.29 is 14.1 Å². The Morgan fingerprint density at radius 3 is 2.62 bits per heavy atom. The van der Waals surface area contributed by atoms with Gasteiger partial charge in [-0.15, -0.1) is 0 Å². The molecule has 1 saturated carbocycles. The normalized spacial score (nSPS) is 26.0. The first-order valence-corrected chi connectivity index (χ1v) is 10.3. The molecule has 0 aromatic carbocycles. The Hall–Kier alpha value is -1.63. The summed E-state index contributed by atoms with van der Waals surface area (Å²) in [5.41, 5.74) is 0.